The van der Waals surface area contributed by atoms with Crippen molar-refractivity contribution in [1.82, 2.24) is 15.1 Å². The van der Waals surface area contributed by atoms with E-state index in [9.17, 15) is 34.8 Å². The second-order valence-electron chi connectivity index (χ2n) is 11.4. The zero-order valence-electron chi connectivity index (χ0n) is 26.0. The summed E-state index contributed by atoms with van der Waals surface area (Å²) < 4.78 is 16.4. The zero-order chi connectivity index (χ0) is 33.4. The van der Waals surface area contributed by atoms with Crippen LogP contribution in [-0.4, -0.2) is 131 Å². The van der Waals surface area contributed by atoms with Gasteiger partial charge in [-0.1, -0.05) is 6.07 Å². The average molecular weight is 646 g/mol. The van der Waals surface area contributed by atoms with Crippen LogP contribution < -0.4 is 14.8 Å². The molecule has 2 aliphatic rings. The maximum Gasteiger partial charge on any atom is 0.415 e. The minimum atomic E-state index is -1.81. The predicted molar refractivity (Wildman–Crippen MR) is 164 cm³/mol. The van der Waals surface area contributed by atoms with Gasteiger partial charge in [-0.15, -0.1) is 0 Å². The van der Waals surface area contributed by atoms with Gasteiger partial charge in [0, 0.05) is 50.4 Å². The summed E-state index contributed by atoms with van der Waals surface area (Å²) in [6, 6.07) is 9.72. The van der Waals surface area contributed by atoms with Crippen LogP contribution in [0.25, 0.3) is 0 Å². The van der Waals surface area contributed by atoms with Crippen molar-refractivity contribution in [2.24, 2.45) is 0 Å². The third kappa shape index (κ3) is 8.93. The molecule has 0 spiro atoms. The number of benzene rings is 2. The van der Waals surface area contributed by atoms with Crippen molar-refractivity contribution in [3.63, 3.8) is 0 Å². The van der Waals surface area contributed by atoms with Crippen molar-refractivity contribution in [2.45, 2.75) is 56.6 Å². The van der Waals surface area contributed by atoms with Gasteiger partial charge in [-0.05, 0) is 61.6 Å². The molecule has 4 unspecified atom stereocenters. The molecule has 0 aromatic heterocycles. The SMILES string of the molecule is CCOc1cc(C(=O)OC)c(C2CC2)cc1CN1CCN(C(=O)Oc2cccc(C(=O)NCC(O)C(O)C(O)C(O)CO)c2)CC1. The molecule has 1 saturated carbocycles. The number of piperazine rings is 1. The normalized spacial score (nSPS) is 17.8. The fraction of sp³-hybridized carbons (Fsp3) is 0.531. The highest BCUT2D eigenvalue weighted by Crippen LogP contribution is 2.44. The number of amides is 2. The van der Waals surface area contributed by atoms with Gasteiger partial charge in [-0.25, -0.2) is 9.59 Å². The smallest absolute Gasteiger partial charge is 0.415 e. The maximum atomic E-state index is 12.9. The van der Waals surface area contributed by atoms with Crippen LogP contribution in [0.3, 0.4) is 0 Å². The summed E-state index contributed by atoms with van der Waals surface area (Å²) in [7, 11) is 1.37. The van der Waals surface area contributed by atoms with E-state index >= 15 is 0 Å². The van der Waals surface area contributed by atoms with E-state index in [1.54, 1.807) is 11.0 Å². The first-order valence-electron chi connectivity index (χ1n) is 15.3. The van der Waals surface area contributed by atoms with Gasteiger partial charge in [0.15, 0.2) is 0 Å². The van der Waals surface area contributed by atoms with Gasteiger partial charge in [-0.3, -0.25) is 9.69 Å². The summed E-state index contributed by atoms with van der Waals surface area (Å²) in [6.07, 6.45) is -5.41. The Hall–Kier alpha value is -3.79. The Kier molecular flexibility index (Phi) is 12.3. The first-order chi connectivity index (χ1) is 22.1. The minimum absolute atomic E-state index is 0.127. The highest BCUT2D eigenvalue weighted by molar-refractivity contribution is 5.94. The van der Waals surface area contributed by atoms with Crippen LogP contribution in [0.15, 0.2) is 36.4 Å². The Labute approximate surface area is 267 Å². The summed E-state index contributed by atoms with van der Waals surface area (Å²) >= 11 is 0. The number of hydrogen-bond acceptors (Lipinski definition) is 12. The number of esters is 1. The molecule has 14 heteroatoms. The molecule has 2 amide bonds. The van der Waals surface area contributed by atoms with E-state index in [4.69, 9.17) is 19.3 Å². The zero-order valence-corrected chi connectivity index (χ0v) is 26.0. The number of rotatable bonds is 14. The van der Waals surface area contributed by atoms with E-state index in [0.717, 1.165) is 24.0 Å². The van der Waals surface area contributed by atoms with Crippen LogP contribution in [0.2, 0.25) is 0 Å². The molecule has 46 heavy (non-hydrogen) atoms. The van der Waals surface area contributed by atoms with Gasteiger partial charge in [-0.2, -0.15) is 0 Å². The largest absolute Gasteiger partial charge is 0.494 e. The molecular formula is C32H43N3O11. The number of hydrogen-bond donors (Lipinski definition) is 6. The number of ether oxygens (including phenoxy) is 3. The highest BCUT2D eigenvalue weighted by atomic mass is 16.6. The second-order valence-corrected chi connectivity index (χ2v) is 11.4. The molecule has 252 valence electrons. The standard InChI is InChI=1S/C32H43N3O11/c1-3-45-27-15-24(31(42)44-2)23(19-7-8-19)14-21(27)17-34-9-11-35(12-10-34)32(43)46-22-6-4-5-20(13-22)30(41)33-16-25(37)28(39)29(40)26(38)18-36/h4-6,13-15,19,25-26,28-29,36-40H,3,7-12,16-18H2,1-2H3,(H,33,41). The highest BCUT2D eigenvalue weighted by Gasteiger charge is 2.32. The molecule has 1 saturated heterocycles. The maximum absolute atomic E-state index is 12.9. The lowest BCUT2D eigenvalue weighted by atomic mass is 9.98. The van der Waals surface area contributed by atoms with Crippen molar-refractivity contribution in [1.29, 1.82) is 0 Å². The van der Waals surface area contributed by atoms with Gasteiger partial charge >= 0.3 is 12.1 Å². The topological polar surface area (TPSA) is 199 Å². The Balaban J connectivity index is 1.30. The quantitative estimate of drug-likeness (QED) is 0.153. The number of carbonyl (C=O) groups is 3. The molecule has 2 fully saturated rings. The lowest BCUT2D eigenvalue weighted by molar-refractivity contribution is -0.113. The molecule has 2 aromatic carbocycles. The van der Waals surface area contributed by atoms with Gasteiger partial charge in [0.25, 0.3) is 5.91 Å². The van der Waals surface area contributed by atoms with E-state index in [1.807, 2.05) is 13.0 Å². The lowest BCUT2D eigenvalue weighted by Crippen LogP contribution is -2.49. The number of nitrogens with zero attached hydrogens (tertiary/aromatic N) is 2. The third-order valence-corrected chi connectivity index (χ3v) is 8.08. The van der Waals surface area contributed by atoms with Crippen molar-refractivity contribution < 1.29 is 54.1 Å². The van der Waals surface area contributed by atoms with Gasteiger partial charge in [0.05, 0.1) is 32.0 Å². The van der Waals surface area contributed by atoms with Crippen LogP contribution in [-0.2, 0) is 11.3 Å². The molecule has 14 nitrogen and oxygen atoms in total. The van der Waals surface area contributed by atoms with Crippen molar-refractivity contribution >= 4 is 18.0 Å². The monoisotopic (exact) mass is 645 g/mol. The van der Waals surface area contributed by atoms with Gasteiger partial charge in [0.1, 0.15) is 29.8 Å². The molecule has 1 aliphatic heterocycles. The van der Waals surface area contributed by atoms with Gasteiger partial charge in [0.2, 0.25) is 0 Å². The van der Waals surface area contributed by atoms with E-state index < -0.39 is 49.6 Å². The lowest BCUT2D eigenvalue weighted by Gasteiger charge is -2.34. The summed E-state index contributed by atoms with van der Waals surface area (Å²) in [5.74, 6) is 0.110. The number of carbonyl (C=O) groups excluding carboxylic acids is 3. The summed E-state index contributed by atoms with van der Waals surface area (Å²) in [5.41, 5.74) is 2.62. The fourth-order valence-corrected chi connectivity index (χ4v) is 5.25. The molecule has 0 radical (unpaired) electrons. The van der Waals surface area contributed by atoms with E-state index in [2.05, 4.69) is 10.2 Å². The Morgan fingerprint density at radius 3 is 2.30 bits per heavy atom. The molecular weight excluding hydrogens is 602 g/mol. The van der Waals surface area contributed by atoms with E-state index in [-0.39, 0.29) is 17.3 Å². The van der Waals surface area contributed by atoms with Gasteiger partial charge < -0.3 is 50.0 Å². The van der Waals surface area contributed by atoms with Crippen LogP contribution in [0.4, 0.5) is 4.79 Å². The second kappa shape index (κ2) is 16.2. The van der Waals surface area contributed by atoms with Crippen molar-refractivity contribution in [3.8, 4) is 11.5 Å². The number of aliphatic hydroxyl groups is 5. The Morgan fingerprint density at radius 1 is 0.978 bits per heavy atom. The van der Waals surface area contributed by atoms with Crippen molar-refractivity contribution in [3.05, 3.63) is 58.7 Å². The molecule has 6 N–H and O–H groups in total. The summed E-state index contributed by atoms with van der Waals surface area (Å²) in [6.45, 7) is 3.65. The number of aliphatic hydroxyl groups excluding tert-OH is 5. The molecule has 4 rings (SSSR count). The first kappa shape index (κ1) is 35.1. The Bertz CT molecular complexity index is 1360. The molecule has 2 aromatic rings. The Morgan fingerprint density at radius 2 is 1.67 bits per heavy atom. The third-order valence-electron chi connectivity index (χ3n) is 8.08. The average Bonchev–Trinajstić information content (AvgIpc) is 3.92. The number of nitrogens with one attached hydrogen (secondary N) is 1. The van der Waals surface area contributed by atoms with Crippen molar-refractivity contribution in [2.75, 3.05) is 53.0 Å². The summed E-state index contributed by atoms with van der Waals surface area (Å²) in [4.78, 5) is 41.8. The van der Waals surface area contributed by atoms with Crippen LogP contribution in [0.5, 0.6) is 11.5 Å². The molecule has 1 aliphatic carbocycles. The van der Waals surface area contributed by atoms with E-state index in [0.29, 0.717) is 56.6 Å². The first-order valence-corrected chi connectivity index (χ1v) is 15.3. The van der Waals surface area contributed by atoms with Crippen LogP contribution in [0.1, 0.15) is 57.5 Å². The summed E-state index contributed by atoms with van der Waals surface area (Å²) in [5, 5.41) is 50.4. The molecule has 4 atom stereocenters. The van der Waals surface area contributed by atoms with Crippen LogP contribution >= 0.6 is 0 Å². The van der Waals surface area contributed by atoms with E-state index in [1.165, 1.54) is 31.4 Å². The van der Waals surface area contributed by atoms with Crippen LogP contribution in [0, 0.1) is 0 Å². The number of methoxy groups -OCH3 is 1. The molecule has 1 heterocycles. The molecule has 0 bridgehead atoms. The minimum Gasteiger partial charge on any atom is -0.494 e. The predicted octanol–water partition coefficient (Wildman–Crippen LogP) is 0.232. The fourth-order valence-electron chi connectivity index (χ4n) is 5.25.